The fourth-order valence-corrected chi connectivity index (χ4v) is 2.80. The minimum absolute atomic E-state index is 0.0192. The number of nitrogens with zero attached hydrogens (tertiary/aromatic N) is 2. The lowest BCUT2D eigenvalue weighted by Crippen LogP contribution is -2.40. The number of carbonyl (C=O) groups excluding carboxylic acids is 2. The molecule has 0 bridgehead atoms. The van der Waals surface area contributed by atoms with Gasteiger partial charge in [-0.25, -0.2) is 5.06 Å². The van der Waals surface area contributed by atoms with Gasteiger partial charge in [0, 0.05) is 36.2 Å². The smallest absolute Gasteiger partial charge is 0.265 e. The fraction of sp³-hybridized carbons (Fsp3) is 0.316. The summed E-state index contributed by atoms with van der Waals surface area (Å²) in [4.78, 5) is 33.5. The van der Waals surface area contributed by atoms with Gasteiger partial charge in [0.2, 0.25) is 0 Å². The second-order valence-corrected chi connectivity index (χ2v) is 6.08. The minimum Gasteiger partial charge on any atom is -0.322 e. The topological polar surface area (TPSA) is 83.6 Å². The Hall–Kier alpha value is -2.77. The first-order valence-electron chi connectivity index (χ1n) is 8.60. The zero-order chi connectivity index (χ0) is 18.5. The van der Waals surface area contributed by atoms with Gasteiger partial charge in [-0.2, -0.15) is 0 Å². The van der Waals surface area contributed by atoms with Gasteiger partial charge >= 0.3 is 0 Å². The average Bonchev–Trinajstić information content (AvgIpc) is 3.02. The standard InChI is InChI=1S/C19H22N4O3/c1-3-23-19(25)17(12-26-23)21-13(2)14-4-6-16(7-5-14)22-18(24)15-8-10-20-11-9-15/h4-11,13,17,21H,3,12H2,1-2H3,(H,22,24). The number of likely N-dealkylation sites (N-methyl/N-ethyl adjacent to an activating group) is 1. The molecule has 0 aliphatic carbocycles. The van der Waals surface area contributed by atoms with E-state index < -0.39 is 0 Å². The van der Waals surface area contributed by atoms with Crippen molar-refractivity contribution in [3.63, 3.8) is 0 Å². The first kappa shape index (κ1) is 18.0. The third-order valence-electron chi connectivity index (χ3n) is 4.29. The zero-order valence-corrected chi connectivity index (χ0v) is 14.8. The number of rotatable bonds is 6. The Bertz CT molecular complexity index is 764. The molecular formula is C19H22N4O3. The van der Waals surface area contributed by atoms with Gasteiger partial charge in [-0.3, -0.25) is 24.7 Å². The number of carbonyl (C=O) groups is 2. The maximum Gasteiger partial charge on any atom is 0.265 e. The molecule has 2 amide bonds. The number of anilines is 1. The van der Waals surface area contributed by atoms with Crippen molar-refractivity contribution in [2.24, 2.45) is 0 Å². The van der Waals surface area contributed by atoms with E-state index in [-0.39, 0.29) is 23.9 Å². The number of hydrogen-bond acceptors (Lipinski definition) is 5. The molecule has 26 heavy (non-hydrogen) atoms. The summed E-state index contributed by atoms with van der Waals surface area (Å²) in [5.41, 5.74) is 2.29. The second kappa shape index (κ2) is 8.07. The van der Waals surface area contributed by atoms with Gasteiger partial charge in [0.15, 0.2) is 0 Å². The van der Waals surface area contributed by atoms with E-state index in [1.54, 1.807) is 24.5 Å². The van der Waals surface area contributed by atoms with Crippen LogP contribution in [0.4, 0.5) is 5.69 Å². The highest BCUT2D eigenvalue weighted by Crippen LogP contribution is 2.19. The predicted octanol–water partition coefficient (Wildman–Crippen LogP) is 2.15. The van der Waals surface area contributed by atoms with E-state index in [0.29, 0.717) is 24.4 Å². The van der Waals surface area contributed by atoms with Crippen molar-refractivity contribution in [2.75, 3.05) is 18.5 Å². The van der Waals surface area contributed by atoms with Crippen molar-refractivity contribution >= 4 is 17.5 Å². The molecule has 1 fully saturated rings. The summed E-state index contributed by atoms with van der Waals surface area (Å²) in [6, 6.07) is 10.5. The van der Waals surface area contributed by atoms with Gasteiger partial charge in [0.1, 0.15) is 6.04 Å². The summed E-state index contributed by atoms with van der Waals surface area (Å²) in [5.74, 6) is -0.222. The molecule has 7 heteroatoms. The van der Waals surface area contributed by atoms with Crippen molar-refractivity contribution in [3.8, 4) is 0 Å². The molecule has 0 saturated carbocycles. The van der Waals surface area contributed by atoms with Crippen molar-refractivity contribution < 1.29 is 14.4 Å². The number of aromatic nitrogens is 1. The Balaban J connectivity index is 1.59. The van der Waals surface area contributed by atoms with Gasteiger partial charge in [0.25, 0.3) is 11.8 Å². The van der Waals surface area contributed by atoms with E-state index in [9.17, 15) is 9.59 Å². The summed E-state index contributed by atoms with van der Waals surface area (Å²) in [5, 5.41) is 7.51. The molecule has 2 aromatic rings. The number of nitrogens with one attached hydrogen (secondary N) is 2. The Labute approximate surface area is 152 Å². The summed E-state index contributed by atoms with van der Waals surface area (Å²) in [6.07, 6.45) is 3.16. The van der Waals surface area contributed by atoms with E-state index in [1.165, 1.54) is 5.06 Å². The lowest BCUT2D eigenvalue weighted by atomic mass is 10.1. The van der Waals surface area contributed by atoms with Gasteiger partial charge in [-0.1, -0.05) is 12.1 Å². The number of benzene rings is 1. The highest BCUT2D eigenvalue weighted by Gasteiger charge is 2.32. The fourth-order valence-electron chi connectivity index (χ4n) is 2.80. The largest absolute Gasteiger partial charge is 0.322 e. The Morgan fingerprint density at radius 1 is 1.27 bits per heavy atom. The average molecular weight is 354 g/mol. The molecule has 1 aliphatic rings. The molecule has 2 unspecified atom stereocenters. The normalized spacial score (nSPS) is 18.0. The zero-order valence-electron chi connectivity index (χ0n) is 14.8. The SMILES string of the molecule is CCN1OCC(NC(C)c2ccc(NC(=O)c3ccncc3)cc2)C1=O. The van der Waals surface area contributed by atoms with Crippen LogP contribution in [0.2, 0.25) is 0 Å². The Morgan fingerprint density at radius 2 is 1.96 bits per heavy atom. The number of hydroxylamine groups is 2. The van der Waals surface area contributed by atoms with Crippen LogP contribution in [0.3, 0.4) is 0 Å². The second-order valence-electron chi connectivity index (χ2n) is 6.08. The van der Waals surface area contributed by atoms with E-state index in [0.717, 1.165) is 5.56 Å². The first-order chi connectivity index (χ1) is 12.6. The Morgan fingerprint density at radius 3 is 2.58 bits per heavy atom. The molecular weight excluding hydrogens is 332 g/mol. The summed E-state index contributed by atoms with van der Waals surface area (Å²) < 4.78 is 0. The Kier molecular flexibility index (Phi) is 5.60. The molecule has 2 N–H and O–H groups in total. The maximum absolute atomic E-state index is 12.2. The maximum atomic E-state index is 12.2. The molecule has 0 radical (unpaired) electrons. The van der Waals surface area contributed by atoms with Crippen LogP contribution in [0, 0.1) is 0 Å². The third-order valence-corrected chi connectivity index (χ3v) is 4.29. The lowest BCUT2D eigenvalue weighted by Gasteiger charge is -2.18. The molecule has 0 spiro atoms. The molecule has 1 aliphatic heterocycles. The van der Waals surface area contributed by atoms with Gasteiger partial charge in [-0.05, 0) is 43.7 Å². The van der Waals surface area contributed by atoms with Crippen molar-refractivity contribution in [3.05, 3.63) is 59.9 Å². The van der Waals surface area contributed by atoms with Crippen LogP contribution in [0.15, 0.2) is 48.8 Å². The lowest BCUT2D eigenvalue weighted by molar-refractivity contribution is -0.160. The van der Waals surface area contributed by atoms with Crippen molar-refractivity contribution in [1.82, 2.24) is 15.4 Å². The molecule has 2 heterocycles. The predicted molar refractivity (Wildman–Crippen MR) is 97.3 cm³/mol. The van der Waals surface area contributed by atoms with Crippen molar-refractivity contribution in [2.45, 2.75) is 25.9 Å². The summed E-state index contributed by atoms with van der Waals surface area (Å²) >= 11 is 0. The van der Waals surface area contributed by atoms with E-state index in [4.69, 9.17) is 4.84 Å². The molecule has 1 saturated heterocycles. The molecule has 1 aromatic heterocycles. The van der Waals surface area contributed by atoms with Crippen LogP contribution in [-0.2, 0) is 9.63 Å². The van der Waals surface area contributed by atoms with Crippen LogP contribution in [0.1, 0.15) is 35.8 Å². The van der Waals surface area contributed by atoms with Gasteiger partial charge in [0.05, 0.1) is 6.61 Å². The highest BCUT2D eigenvalue weighted by atomic mass is 16.7. The first-order valence-corrected chi connectivity index (χ1v) is 8.60. The van der Waals surface area contributed by atoms with Crippen LogP contribution < -0.4 is 10.6 Å². The van der Waals surface area contributed by atoms with Crippen LogP contribution >= 0.6 is 0 Å². The molecule has 136 valence electrons. The number of amides is 2. The molecule has 7 nitrogen and oxygen atoms in total. The van der Waals surface area contributed by atoms with E-state index in [1.807, 2.05) is 38.1 Å². The van der Waals surface area contributed by atoms with Crippen LogP contribution in [-0.4, -0.2) is 41.1 Å². The van der Waals surface area contributed by atoms with Gasteiger partial charge < -0.3 is 5.32 Å². The molecule has 3 rings (SSSR count). The van der Waals surface area contributed by atoms with Gasteiger partial charge in [-0.15, -0.1) is 0 Å². The highest BCUT2D eigenvalue weighted by molar-refractivity contribution is 6.04. The third kappa shape index (κ3) is 4.07. The van der Waals surface area contributed by atoms with Crippen LogP contribution in [0.25, 0.3) is 0 Å². The number of pyridine rings is 1. The molecule has 1 aromatic carbocycles. The van der Waals surface area contributed by atoms with Crippen LogP contribution in [0.5, 0.6) is 0 Å². The minimum atomic E-state index is -0.337. The quantitative estimate of drug-likeness (QED) is 0.830. The van der Waals surface area contributed by atoms with E-state index in [2.05, 4.69) is 15.6 Å². The van der Waals surface area contributed by atoms with Crippen molar-refractivity contribution in [1.29, 1.82) is 0 Å². The molecule has 2 atom stereocenters. The summed E-state index contributed by atoms with van der Waals surface area (Å²) in [6.45, 7) is 4.75. The monoisotopic (exact) mass is 354 g/mol. The van der Waals surface area contributed by atoms with E-state index >= 15 is 0 Å². The summed E-state index contributed by atoms with van der Waals surface area (Å²) in [7, 11) is 0. The number of hydrogen-bond donors (Lipinski definition) is 2.